The minimum Gasteiger partial charge on any atom is -0.497 e. The van der Waals surface area contributed by atoms with Gasteiger partial charge in [-0.15, -0.1) is 0 Å². The van der Waals surface area contributed by atoms with Crippen LogP contribution in [-0.2, 0) is 17.9 Å². The normalized spacial score (nSPS) is 20.5. The molecule has 2 amide bonds. The molecule has 0 spiro atoms. The molecule has 1 atom stereocenters. The first-order valence-electron chi connectivity index (χ1n) is 12.9. The zero-order chi connectivity index (χ0) is 25.1. The number of amides is 2. The Kier molecular flexibility index (Phi) is 6.81. The summed E-state index contributed by atoms with van der Waals surface area (Å²) in [5, 5.41) is 8.06. The van der Waals surface area contributed by atoms with Gasteiger partial charge >= 0.3 is 0 Å². The van der Waals surface area contributed by atoms with Crippen LogP contribution in [0.1, 0.15) is 61.5 Å². The highest BCUT2D eigenvalue weighted by Gasteiger charge is 2.48. The third kappa shape index (κ3) is 4.74. The van der Waals surface area contributed by atoms with Gasteiger partial charge < -0.3 is 15.0 Å². The predicted octanol–water partition coefficient (Wildman–Crippen LogP) is 4.81. The van der Waals surface area contributed by atoms with Crippen LogP contribution < -0.4 is 10.1 Å². The summed E-state index contributed by atoms with van der Waals surface area (Å²) >= 11 is 0. The summed E-state index contributed by atoms with van der Waals surface area (Å²) < 4.78 is 6.97. The van der Waals surface area contributed by atoms with Crippen molar-refractivity contribution in [3.8, 4) is 17.0 Å². The van der Waals surface area contributed by atoms with Gasteiger partial charge in [0.25, 0.3) is 5.91 Å². The standard InChI is InChI=1S/C29H34N4O3/c1-29(28(35)30-23-12-8-3-4-9-13-23)20-33-26(27(34)32(29)19-21-10-6-5-7-11-21)18-25(31-33)22-14-16-24(36-2)17-15-22/h5-7,10-11,14-18,23H,3-4,8-9,12-13,19-20H2,1-2H3,(H,30,35)/t29-/m1/s1. The molecule has 3 aromatic rings. The van der Waals surface area contributed by atoms with E-state index in [1.807, 2.05) is 67.6 Å². The Hall–Kier alpha value is -3.61. The number of carbonyl (C=O) groups excluding carboxylic acids is 2. The van der Waals surface area contributed by atoms with Gasteiger partial charge in [0.1, 0.15) is 17.0 Å². The number of ether oxygens (including phenoxy) is 1. The summed E-state index contributed by atoms with van der Waals surface area (Å²) in [7, 11) is 1.63. The van der Waals surface area contributed by atoms with Gasteiger partial charge in [-0.2, -0.15) is 5.10 Å². The first-order valence-corrected chi connectivity index (χ1v) is 12.9. The van der Waals surface area contributed by atoms with Gasteiger partial charge in [-0.25, -0.2) is 0 Å². The number of benzene rings is 2. The molecular formula is C29H34N4O3. The van der Waals surface area contributed by atoms with E-state index in [9.17, 15) is 9.59 Å². The summed E-state index contributed by atoms with van der Waals surface area (Å²) in [5.41, 5.74) is 2.02. The molecule has 2 aromatic carbocycles. The number of rotatable bonds is 6. The minimum atomic E-state index is -1.06. The second-order valence-electron chi connectivity index (χ2n) is 10.1. The number of hydrogen-bond donors (Lipinski definition) is 1. The van der Waals surface area contributed by atoms with Crippen molar-refractivity contribution in [2.24, 2.45) is 0 Å². The summed E-state index contributed by atoms with van der Waals surface area (Å²) in [6.07, 6.45) is 6.66. The lowest BCUT2D eigenvalue weighted by molar-refractivity contribution is -0.134. The maximum Gasteiger partial charge on any atom is 0.273 e. The fourth-order valence-electron chi connectivity index (χ4n) is 5.32. The molecule has 7 nitrogen and oxygen atoms in total. The largest absolute Gasteiger partial charge is 0.497 e. The highest BCUT2D eigenvalue weighted by Crippen LogP contribution is 2.32. The van der Waals surface area contributed by atoms with Gasteiger partial charge in [0.05, 0.1) is 19.3 Å². The number of nitrogens with one attached hydrogen (secondary N) is 1. The Bertz CT molecular complexity index is 1210. The van der Waals surface area contributed by atoms with Crippen molar-refractivity contribution in [2.45, 2.75) is 70.1 Å². The number of hydrogen-bond acceptors (Lipinski definition) is 4. The lowest BCUT2D eigenvalue weighted by Gasteiger charge is -2.44. The smallest absolute Gasteiger partial charge is 0.273 e. The molecule has 1 N–H and O–H groups in total. The Balaban J connectivity index is 1.48. The topological polar surface area (TPSA) is 76.5 Å². The van der Waals surface area contributed by atoms with E-state index < -0.39 is 5.54 Å². The molecule has 0 radical (unpaired) electrons. The molecule has 1 aromatic heterocycles. The van der Waals surface area contributed by atoms with Crippen molar-refractivity contribution in [3.63, 3.8) is 0 Å². The van der Waals surface area contributed by atoms with Crippen LogP contribution in [0.2, 0.25) is 0 Å². The van der Waals surface area contributed by atoms with Crippen LogP contribution in [0.4, 0.5) is 0 Å². The number of aromatic nitrogens is 2. The van der Waals surface area contributed by atoms with Crippen molar-refractivity contribution >= 4 is 11.8 Å². The van der Waals surface area contributed by atoms with E-state index in [-0.39, 0.29) is 17.9 Å². The van der Waals surface area contributed by atoms with Gasteiger partial charge in [-0.05, 0) is 55.7 Å². The summed E-state index contributed by atoms with van der Waals surface area (Å²) in [5.74, 6) is 0.470. The molecule has 0 bridgehead atoms. The van der Waals surface area contributed by atoms with E-state index in [0.29, 0.717) is 24.5 Å². The Labute approximate surface area is 212 Å². The van der Waals surface area contributed by atoms with Crippen LogP contribution in [-0.4, -0.2) is 45.2 Å². The second-order valence-corrected chi connectivity index (χ2v) is 10.1. The van der Waals surface area contributed by atoms with E-state index in [1.54, 1.807) is 16.7 Å². The average molecular weight is 487 g/mol. The lowest BCUT2D eigenvalue weighted by atomic mass is 9.93. The molecule has 36 heavy (non-hydrogen) atoms. The van der Waals surface area contributed by atoms with Crippen LogP contribution in [0.15, 0.2) is 60.7 Å². The highest BCUT2D eigenvalue weighted by atomic mass is 16.5. The SMILES string of the molecule is COc1ccc(-c2cc3n(n2)C[C@](C)(C(=O)NC2CCCCCC2)N(Cc2ccccc2)C3=O)cc1. The Morgan fingerprint density at radius 2 is 1.75 bits per heavy atom. The number of carbonyl (C=O) groups is 2. The monoisotopic (exact) mass is 486 g/mol. The number of methoxy groups -OCH3 is 1. The number of fused-ring (bicyclic) bond motifs is 1. The quantitative estimate of drug-likeness (QED) is 0.507. The Morgan fingerprint density at radius 3 is 2.42 bits per heavy atom. The van der Waals surface area contributed by atoms with Gasteiger partial charge in [-0.3, -0.25) is 14.3 Å². The molecule has 0 saturated heterocycles. The second kappa shape index (κ2) is 10.2. The van der Waals surface area contributed by atoms with Crippen molar-refractivity contribution in [2.75, 3.05) is 7.11 Å². The molecular weight excluding hydrogens is 452 g/mol. The van der Waals surface area contributed by atoms with E-state index in [0.717, 1.165) is 42.6 Å². The molecule has 5 rings (SSSR count). The molecule has 2 heterocycles. The maximum absolute atomic E-state index is 13.9. The fraction of sp³-hybridized carbons (Fsp3) is 0.414. The minimum absolute atomic E-state index is 0.106. The van der Waals surface area contributed by atoms with Crippen molar-refractivity contribution in [1.82, 2.24) is 20.0 Å². The van der Waals surface area contributed by atoms with Crippen LogP contribution >= 0.6 is 0 Å². The molecule has 1 saturated carbocycles. The van der Waals surface area contributed by atoms with Gasteiger partial charge in [-0.1, -0.05) is 56.0 Å². The van der Waals surface area contributed by atoms with Crippen molar-refractivity contribution < 1.29 is 14.3 Å². The fourth-order valence-corrected chi connectivity index (χ4v) is 5.32. The third-order valence-corrected chi connectivity index (χ3v) is 7.55. The van der Waals surface area contributed by atoms with Crippen LogP contribution in [0.5, 0.6) is 5.75 Å². The third-order valence-electron chi connectivity index (χ3n) is 7.55. The summed E-state index contributed by atoms with van der Waals surface area (Å²) in [6.45, 7) is 2.53. The van der Waals surface area contributed by atoms with Gasteiger partial charge in [0.15, 0.2) is 0 Å². The first kappa shape index (κ1) is 24.1. The predicted molar refractivity (Wildman–Crippen MR) is 139 cm³/mol. The first-order chi connectivity index (χ1) is 17.5. The molecule has 2 aliphatic rings. The van der Waals surface area contributed by atoms with Gasteiger partial charge in [0, 0.05) is 18.2 Å². The maximum atomic E-state index is 13.9. The lowest BCUT2D eigenvalue weighted by Crippen LogP contribution is -2.64. The van der Waals surface area contributed by atoms with E-state index in [1.165, 1.54) is 12.8 Å². The molecule has 7 heteroatoms. The van der Waals surface area contributed by atoms with Gasteiger partial charge in [0.2, 0.25) is 5.91 Å². The van der Waals surface area contributed by atoms with E-state index in [2.05, 4.69) is 5.32 Å². The van der Waals surface area contributed by atoms with Crippen LogP contribution in [0.25, 0.3) is 11.3 Å². The molecule has 1 aliphatic heterocycles. The Morgan fingerprint density at radius 1 is 1.06 bits per heavy atom. The van der Waals surface area contributed by atoms with E-state index >= 15 is 0 Å². The van der Waals surface area contributed by atoms with Crippen molar-refractivity contribution in [1.29, 1.82) is 0 Å². The van der Waals surface area contributed by atoms with Crippen LogP contribution in [0, 0.1) is 0 Å². The van der Waals surface area contributed by atoms with E-state index in [4.69, 9.17) is 9.84 Å². The van der Waals surface area contributed by atoms with Crippen molar-refractivity contribution in [3.05, 3.63) is 71.9 Å². The average Bonchev–Trinajstić information content (AvgIpc) is 3.15. The molecule has 1 aliphatic carbocycles. The summed E-state index contributed by atoms with van der Waals surface area (Å²) in [6, 6.07) is 19.4. The highest BCUT2D eigenvalue weighted by molar-refractivity contribution is 6.00. The number of nitrogens with zero attached hydrogens (tertiary/aromatic N) is 3. The molecule has 188 valence electrons. The summed E-state index contributed by atoms with van der Waals surface area (Å²) in [4.78, 5) is 29.5. The zero-order valence-corrected chi connectivity index (χ0v) is 21.1. The molecule has 1 fully saturated rings. The molecule has 0 unspecified atom stereocenters. The zero-order valence-electron chi connectivity index (χ0n) is 21.1. The van der Waals surface area contributed by atoms with Crippen LogP contribution in [0.3, 0.4) is 0 Å².